The molecule has 1 aliphatic rings. The van der Waals surface area contributed by atoms with Crippen LogP contribution in [-0.4, -0.2) is 75.1 Å². The molecule has 0 aliphatic carbocycles. The number of hydrogen-bond donors (Lipinski definition) is 0. The largest absolute Gasteiger partial charge is 0.467 e. The number of carbonyl (C=O) groups is 2. The SMILES string of the molecule is COC(=O)[C@H](OC(C)(C)[C@H](Br)CCO[Si](C(C)C)(C(C)C)C(C)C)[C@H](/C=C/[C@@H]1COC(C)(C)O1)OC(=O)C(C)(C)C. The molecule has 1 heterocycles. The molecule has 0 spiro atoms. The highest BCUT2D eigenvalue weighted by atomic mass is 79.9. The molecule has 1 aliphatic heterocycles. The lowest BCUT2D eigenvalue weighted by Gasteiger charge is -2.43. The molecular formula is C31H57BrO8Si. The van der Waals surface area contributed by atoms with Gasteiger partial charge in [-0.15, -0.1) is 0 Å². The monoisotopic (exact) mass is 664 g/mol. The summed E-state index contributed by atoms with van der Waals surface area (Å²) in [5.74, 6) is -1.83. The van der Waals surface area contributed by atoms with Crippen LogP contribution < -0.4 is 0 Å². The smallest absolute Gasteiger partial charge is 0.339 e. The lowest BCUT2D eigenvalue weighted by atomic mass is 9.97. The van der Waals surface area contributed by atoms with E-state index >= 15 is 0 Å². The Morgan fingerprint density at radius 1 is 1.02 bits per heavy atom. The molecule has 1 fully saturated rings. The second kappa shape index (κ2) is 15.3. The second-order valence-electron chi connectivity index (χ2n) is 14.0. The minimum atomic E-state index is -2.02. The molecule has 10 heteroatoms. The Hall–Kier alpha value is -0.783. The Kier molecular flexibility index (Phi) is 14.3. The summed E-state index contributed by atoms with van der Waals surface area (Å²) < 4.78 is 35.7. The van der Waals surface area contributed by atoms with E-state index in [-0.39, 0.29) is 10.9 Å². The average Bonchev–Trinajstić information content (AvgIpc) is 3.19. The normalized spacial score (nSPS) is 20.6. The maximum Gasteiger partial charge on any atom is 0.339 e. The molecule has 240 valence electrons. The van der Waals surface area contributed by atoms with Crippen LogP contribution in [0.3, 0.4) is 0 Å². The summed E-state index contributed by atoms with van der Waals surface area (Å²) in [5.41, 5.74) is -0.182. The van der Waals surface area contributed by atoms with Crippen LogP contribution in [0.5, 0.6) is 0 Å². The molecular weight excluding hydrogens is 608 g/mol. The average molecular weight is 666 g/mol. The maximum absolute atomic E-state index is 13.1. The van der Waals surface area contributed by atoms with Crippen LogP contribution in [0.1, 0.15) is 96.4 Å². The predicted molar refractivity (Wildman–Crippen MR) is 169 cm³/mol. The van der Waals surface area contributed by atoms with Crippen LogP contribution in [0.4, 0.5) is 0 Å². The van der Waals surface area contributed by atoms with Crippen molar-refractivity contribution in [1.82, 2.24) is 0 Å². The second-order valence-corrected chi connectivity index (χ2v) is 20.5. The van der Waals surface area contributed by atoms with Crippen LogP contribution in [0.2, 0.25) is 16.6 Å². The number of carbonyl (C=O) groups excluding carboxylic acids is 2. The molecule has 0 aromatic rings. The molecule has 0 radical (unpaired) electrons. The van der Waals surface area contributed by atoms with E-state index in [2.05, 4.69) is 57.5 Å². The van der Waals surface area contributed by atoms with E-state index in [0.717, 1.165) is 0 Å². The minimum Gasteiger partial charge on any atom is -0.467 e. The van der Waals surface area contributed by atoms with Crippen LogP contribution in [-0.2, 0) is 37.7 Å². The summed E-state index contributed by atoms with van der Waals surface area (Å²) in [7, 11) is -0.728. The molecule has 0 saturated carbocycles. The zero-order chi connectivity index (χ0) is 32.0. The van der Waals surface area contributed by atoms with Crippen molar-refractivity contribution >= 4 is 36.2 Å². The molecule has 0 unspecified atom stereocenters. The lowest BCUT2D eigenvalue weighted by Crippen LogP contribution is -2.50. The minimum absolute atomic E-state index is 0.157. The molecule has 0 N–H and O–H groups in total. The van der Waals surface area contributed by atoms with E-state index < -0.39 is 49.3 Å². The van der Waals surface area contributed by atoms with Crippen LogP contribution in [0.25, 0.3) is 0 Å². The van der Waals surface area contributed by atoms with Gasteiger partial charge in [0.25, 0.3) is 0 Å². The van der Waals surface area contributed by atoms with Crippen molar-refractivity contribution in [3.05, 3.63) is 12.2 Å². The fraction of sp³-hybridized carbons (Fsp3) is 0.871. The third kappa shape index (κ3) is 10.7. The van der Waals surface area contributed by atoms with Crippen molar-refractivity contribution < 1.29 is 37.7 Å². The van der Waals surface area contributed by atoms with Crippen molar-refractivity contribution in [3.8, 4) is 0 Å². The number of esters is 2. The zero-order valence-corrected chi connectivity index (χ0v) is 30.5. The molecule has 4 atom stereocenters. The number of alkyl halides is 1. The first-order chi connectivity index (χ1) is 18.6. The maximum atomic E-state index is 13.1. The lowest BCUT2D eigenvalue weighted by molar-refractivity contribution is -0.185. The highest BCUT2D eigenvalue weighted by Gasteiger charge is 2.46. The summed E-state index contributed by atoms with van der Waals surface area (Å²) >= 11 is 3.81. The summed E-state index contributed by atoms with van der Waals surface area (Å²) in [5, 5.41) is 0. The Morgan fingerprint density at radius 3 is 1.98 bits per heavy atom. The van der Waals surface area contributed by atoms with Crippen molar-refractivity contribution in [3.63, 3.8) is 0 Å². The summed E-state index contributed by atoms with van der Waals surface area (Å²) in [6.45, 7) is 27.3. The van der Waals surface area contributed by atoms with Gasteiger partial charge in [-0.05, 0) is 77.6 Å². The number of ether oxygens (including phenoxy) is 5. The molecule has 41 heavy (non-hydrogen) atoms. The van der Waals surface area contributed by atoms with E-state index in [1.54, 1.807) is 32.9 Å². The first kappa shape index (κ1) is 38.2. The summed E-state index contributed by atoms with van der Waals surface area (Å²) in [4.78, 5) is 25.9. The third-order valence-electron chi connectivity index (χ3n) is 7.75. The van der Waals surface area contributed by atoms with E-state index in [1.165, 1.54) is 7.11 Å². The molecule has 0 aromatic carbocycles. The molecule has 1 saturated heterocycles. The van der Waals surface area contributed by atoms with Gasteiger partial charge in [0.05, 0.1) is 24.7 Å². The number of hydrogen-bond acceptors (Lipinski definition) is 8. The molecule has 0 bridgehead atoms. The zero-order valence-electron chi connectivity index (χ0n) is 28.0. The highest BCUT2D eigenvalue weighted by Crippen LogP contribution is 2.42. The Labute approximate surface area is 258 Å². The predicted octanol–water partition coefficient (Wildman–Crippen LogP) is 7.33. The van der Waals surface area contributed by atoms with E-state index in [9.17, 15) is 9.59 Å². The van der Waals surface area contributed by atoms with Gasteiger partial charge in [0, 0.05) is 11.4 Å². The Morgan fingerprint density at radius 2 is 1.56 bits per heavy atom. The van der Waals surface area contributed by atoms with Crippen molar-refractivity contribution in [2.75, 3.05) is 20.3 Å². The number of rotatable bonds is 15. The van der Waals surface area contributed by atoms with Gasteiger partial charge in [-0.3, -0.25) is 4.79 Å². The third-order valence-corrected chi connectivity index (χ3v) is 15.4. The summed E-state index contributed by atoms with van der Waals surface area (Å²) in [6.07, 6.45) is 1.45. The fourth-order valence-electron chi connectivity index (χ4n) is 5.50. The van der Waals surface area contributed by atoms with Gasteiger partial charge in [-0.2, -0.15) is 0 Å². The van der Waals surface area contributed by atoms with Gasteiger partial charge in [-0.1, -0.05) is 63.5 Å². The first-order valence-electron chi connectivity index (χ1n) is 14.9. The van der Waals surface area contributed by atoms with E-state index in [4.69, 9.17) is 28.1 Å². The van der Waals surface area contributed by atoms with E-state index in [0.29, 0.717) is 36.3 Å². The first-order valence-corrected chi connectivity index (χ1v) is 17.9. The Bertz CT molecular complexity index is 856. The molecule has 0 amide bonds. The van der Waals surface area contributed by atoms with Crippen LogP contribution >= 0.6 is 15.9 Å². The fourth-order valence-corrected chi connectivity index (χ4v) is 11.3. The van der Waals surface area contributed by atoms with Crippen LogP contribution in [0, 0.1) is 5.41 Å². The van der Waals surface area contributed by atoms with E-state index in [1.807, 2.05) is 27.7 Å². The quantitative estimate of drug-likeness (QED) is 0.0778. The van der Waals surface area contributed by atoms with Gasteiger partial charge in [0.2, 0.25) is 0 Å². The van der Waals surface area contributed by atoms with Crippen LogP contribution in [0.15, 0.2) is 12.2 Å². The standard InChI is InChI=1S/C31H57BrO8Si/c1-20(2)41(21(3)4,22(5)6)37-18-17-25(32)30(10,11)40-26(27(33)35-14)24(38-28(34)29(7,8)9)16-15-23-19-36-31(12,13)39-23/h15-16,20-26H,17-19H2,1-14H3/b16-15+/t23-,24+,25-,26-/m1/s1. The van der Waals surface area contributed by atoms with Gasteiger partial charge < -0.3 is 28.1 Å². The van der Waals surface area contributed by atoms with Gasteiger partial charge >= 0.3 is 11.9 Å². The van der Waals surface area contributed by atoms with Crippen molar-refractivity contribution in [1.29, 1.82) is 0 Å². The number of methoxy groups -OCH3 is 1. The van der Waals surface area contributed by atoms with Gasteiger partial charge in [0.1, 0.15) is 6.10 Å². The highest BCUT2D eigenvalue weighted by molar-refractivity contribution is 9.09. The van der Waals surface area contributed by atoms with Gasteiger partial charge in [-0.25, -0.2) is 4.79 Å². The Balaban J connectivity index is 3.20. The molecule has 8 nitrogen and oxygen atoms in total. The summed E-state index contributed by atoms with van der Waals surface area (Å²) in [6, 6.07) is 0. The van der Waals surface area contributed by atoms with Crippen molar-refractivity contribution in [2.45, 2.75) is 148 Å². The van der Waals surface area contributed by atoms with Crippen molar-refractivity contribution in [2.24, 2.45) is 5.41 Å². The number of halogens is 1. The molecule has 0 aromatic heterocycles. The molecule has 1 rings (SSSR count). The topological polar surface area (TPSA) is 89.5 Å². The van der Waals surface area contributed by atoms with Gasteiger partial charge in [0.15, 0.2) is 26.3 Å².